The average Bonchev–Trinajstić information content (AvgIpc) is 3.45. The van der Waals surface area contributed by atoms with Crippen LogP contribution in [0.5, 0.6) is 0 Å². The van der Waals surface area contributed by atoms with Gasteiger partial charge in [0.05, 0.1) is 12.9 Å². The van der Waals surface area contributed by atoms with E-state index < -0.39 is 35.9 Å². The Morgan fingerprint density at radius 1 is 1.23 bits per heavy atom. The van der Waals surface area contributed by atoms with Crippen molar-refractivity contribution < 1.29 is 19.3 Å². The number of aromatic amines is 1. The summed E-state index contributed by atoms with van der Waals surface area (Å²) < 4.78 is 20.1. The lowest BCUT2D eigenvalue weighted by molar-refractivity contribution is -0.199. The zero-order chi connectivity index (χ0) is 24.7. The number of benzene rings is 1. The highest BCUT2D eigenvalue weighted by molar-refractivity contribution is 5.75. The summed E-state index contributed by atoms with van der Waals surface area (Å²) in [5.74, 6) is -0.347. The van der Waals surface area contributed by atoms with Gasteiger partial charge in [-0.25, -0.2) is 9.98 Å². The Morgan fingerprint density at radius 2 is 1.97 bits per heavy atom. The van der Waals surface area contributed by atoms with E-state index in [0.29, 0.717) is 12.5 Å². The zero-order valence-electron chi connectivity index (χ0n) is 20.0. The molecule has 2 saturated heterocycles. The first-order valence-corrected chi connectivity index (χ1v) is 11.4. The maximum Gasteiger partial charge on any atom is 0.280 e. The Balaban J connectivity index is 1.62. The number of anilines is 1. The van der Waals surface area contributed by atoms with E-state index in [1.165, 1.54) is 0 Å². The number of ether oxygens (including phenoxy) is 3. The quantitative estimate of drug-likeness (QED) is 0.336. The van der Waals surface area contributed by atoms with Crippen LogP contribution in [0.1, 0.15) is 25.6 Å². The van der Waals surface area contributed by atoms with E-state index >= 15 is 0 Å². The number of aliphatic hydroxyl groups excluding tert-OH is 1. The second-order valence-electron chi connectivity index (χ2n) is 9.23. The van der Waals surface area contributed by atoms with E-state index in [0.717, 1.165) is 5.56 Å². The van der Waals surface area contributed by atoms with Crippen molar-refractivity contribution in [2.24, 2.45) is 4.99 Å². The highest BCUT2D eigenvalue weighted by Gasteiger charge is 2.56. The van der Waals surface area contributed by atoms with Crippen molar-refractivity contribution in [3.8, 4) is 0 Å². The van der Waals surface area contributed by atoms with Gasteiger partial charge in [-0.2, -0.15) is 4.98 Å². The fourth-order valence-electron chi connectivity index (χ4n) is 4.36. The van der Waals surface area contributed by atoms with Crippen LogP contribution in [0, 0.1) is 0 Å². The van der Waals surface area contributed by atoms with E-state index in [1.54, 1.807) is 15.8 Å². The number of aromatic nitrogens is 4. The lowest BCUT2D eigenvalue weighted by Crippen LogP contribution is -2.31. The predicted octanol–water partition coefficient (Wildman–Crippen LogP) is 1.36. The molecule has 2 fully saturated rings. The van der Waals surface area contributed by atoms with Gasteiger partial charge in [0.2, 0.25) is 11.9 Å². The largest absolute Gasteiger partial charge is 0.394 e. The van der Waals surface area contributed by atoms with Crippen LogP contribution in [0.3, 0.4) is 0 Å². The molecule has 1 aromatic carbocycles. The van der Waals surface area contributed by atoms with Crippen LogP contribution in [0.25, 0.3) is 11.2 Å². The summed E-state index contributed by atoms with van der Waals surface area (Å²) in [5, 5.41) is 13.2. The van der Waals surface area contributed by atoms with Gasteiger partial charge in [-0.05, 0) is 19.4 Å². The minimum Gasteiger partial charge on any atom is -0.394 e. The molecule has 2 aliphatic heterocycles. The molecule has 35 heavy (non-hydrogen) atoms. The predicted molar refractivity (Wildman–Crippen MR) is 129 cm³/mol. The minimum absolute atomic E-state index is 0.129. The molecule has 3 aromatic rings. The molecule has 0 bridgehead atoms. The minimum atomic E-state index is -0.856. The molecule has 12 heteroatoms. The SMILES string of the molecule is CN(C)/C=N/c1nc2c(nc(NCc3ccccc3)n2C2OC(CO)C3OC(C)(C)OC32)c(=O)[nH]1. The number of nitrogens with one attached hydrogen (secondary N) is 2. The second kappa shape index (κ2) is 9.04. The molecule has 2 aliphatic rings. The standard InChI is InChI=1S/C23H29N7O5/c1-23(2)34-16-14(11-31)33-20(17(16)35-23)30-18-15(19(32)28-21(27-18)25-12-29(3)4)26-22(30)24-10-13-8-6-5-7-9-13/h5-9,12,14,16-17,20,31H,10-11H2,1-4H3,(H,24,26)(H,27,28,32)/b25-12+. The van der Waals surface area contributed by atoms with Gasteiger partial charge in [0.25, 0.3) is 5.56 Å². The summed E-state index contributed by atoms with van der Waals surface area (Å²) in [6, 6.07) is 9.81. The van der Waals surface area contributed by atoms with Crippen molar-refractivity contribution in [2.75, 3.05) is 26.0 Å². The first-order chi connectivity index (χ1) is 16.8. The highest BCUT2D eigenvalue weighted by Crippen LogP contribution is 2.44. The van der Waals surface area contributed by atoms with Gasteiger partial charge in [0, 0.05) is 20.6 Å². The van der Waals surface area contributed by atoms with Crippen LogP contribution in [0.4, 0.5) is 11.9 Å². The van der Waals surface area contributed by atoms with E-state index in [9.17, 15) is 9.90 Å². The summed E-state index contributed by atoms with van der Waals surface area (Å²) in [5.41, 5.74) is 1.02. The Hall–Kier alpha value is -3.32. The van der Waals surface area contributed by atoms with Gasteiger partial charge in [0.15, 0.2) is 23.2 Å². The van der Waals surface area contributed by atoms with Gasteiger partial charge < -0.3 is 29.5 Å². The molecule has 4 unspecified atom stereocenters. The first-order valence-electron chi connectivity index (χ1n) is 11.4. The van der Waals surface area contributed by atoms with E-state index in [2.05, 4.69) is 25.3 Å². The number of aliphatic imine (C=N–C) groups is 1. The Morgan fingerprint density at radius 3 is 2.69 bits per heavy atom. The van der Waals surface area contributed by atoms with Crippen molar-refractivity contribution >= 4 is 29.4 Å². The van der Waals surface area contributed by atoms with E-state index in [4.69, 9.17) is 14.2 Å². The summed E-state index contributed by atoms with van der Waals surface area (Å²) >= 11 is 0. The third-order valence-electron chi connectivity index (χ3n) is 5.80. The number of aliphatic hydroxyl groups is 1. The number of hydrogen-bond donors (Lipinski definition) is 3. The van der Waals surface area contributed by atoms with Gasteiger partial charge >= 0.3 is 0 Å². The number of nitrogens with zero attached hydrogens (tertiary/aromatic N) is 5. The Bertz CT molecular complexity index is 1290. The van der Waals surface area contributed by atoms with Gasteiger partial charge in [-0.1, -0.05) is 30.3 Å². The van der Waals surface area contributed by atoms with Crippen LogP contribution >= 0.6 is 0 Å². The summed E-state index contributed by atoms with van der Waals surface area (Å²) in [4.78, 5) is 30.7. The summed E-state index contributed by atoms with van der Waals surface area (Å²) in [7, 11) is 3.63. The monoisotopic (exact) mass is 483 g/mol. The molecular formula is C23H29N7O5. The molecular weight excluding hydrogens is 454 g/mol. The number of imidazole rings is 1. The molecule has 0 radical (unpaired) electrons. The Kier molecular flexibility index (Phi) is 6.05. The van der Waals surface area contributed by atoms with E-state index in [1.807, 2.05) is 58.3 Å². The van der Waals surface area contributed by atoms with Gasteiger partial charge in [0.1, 0.15) is 18.3 Å². The number of rotatable bonds is 7. The molecule has 0 amide bonds. The average molecular weight is 484 g/mol. The molecule has 0 aliphatic carbocycles. The smallest absolute Gasteiger partial charge is 0.280 e. The fraction of sp³-hybridized carbons (Fsp3) is 0.478. The van der Waals surface area contributed by atoms with Crippen LogP contribution in [0.2, 0.25) is 0 Å². The number of hydrogen-bond acceptors (Lipinski definition) is 9. The lowest BCUT2D eigenvalue weighted by atomic mass is 10.1. The topological polar surface area (TPSA) is 139 Å². The van der Waals surface area contributed by atoms with Crippen LogP contribution < -0.4 is 10.9 Å². The number of H-pyrrole nitrogens is 1. The normalized spacial score (nSPS) is 25.4. The molecule has 12 nitrogen and oxygen atoms in total. The Labute approximate surface area is 201 Å². The van der Waals surface area contributed by atoms with E-state index in [-0.39, 0.29) is 23.7 Å². The lowest BCUT2D eigenvalue weighted by Gasteiger charge is -2.25. The first kappa shape index (κ1) is 23.4. The summed E-state index contributed by atoms with van der Waals surface area (Å²) in [6.07, 6.45) is -0.861. The van der Waals surface area contributed by atoms with Crippen LogP contribution in [0.15, 0.2) is 40.1 Å². The second-order valence-corrected chi connectivity index (χ2v) is 9.23. The summed E-state index contributed by atoms with van der Waals surface area (Å²) in [6.45, 7) is 3.84. The zero-order valence-corrected chi connectivity index (χ0v) is 20.0. The fourth-order valence-corrected chi connectivity index (χ4v) is 4.36. The van der Waals surface area contributed by atoms with Gasteiger partial charge in [-0.3, -0.25) is 14.3 Å². The molecule has 0 saturated carbocycles. The molecule has 4 atom stereocenters. The maximum absolute atomic E-state index is 12.9. The van der Waals surface area contributed by atoms with Crippen molar-refractivity contribution in [3.05, 3.63) is 46.2 Å². The molecule has 0 spiro atoms. The molecule has 186 valence electrons. The maximum atomic E-state index is 12.9. The number of fused-ring (bicyclic) bond motifs is 2. The van der Waals surface area contributed by atoms with Crippen LogP contribution in [-0.2, 0) is 20.8 Å². The van der Waals surface area contributed by atoms with Crippen molar-refractivity contribution in [3.63, 3.8) is 0 Å². The van der Waals surface area contributed by atoms with Crippen molar-refractivity contribution in [1.29, 1.82) is 0 Å². The molecule has 2 aromatic heterocycles. The third kappa shape index (κ3) is 4.52. The van der Waals surface area contributed by atoms with Crippen molar-refractivity contribution in [2.45, 2.75) is 50.7 Å². The molecule has 3 N–H and O–H groups in total. The van der Waals surface area contributed by atoms with Crippen LogP contribution in [-0.4, -0.2) is 80.7 Å². The molecule has 5 rings (SSSR count). The third-order valence-corrected chi connectivity index (χ3v) is 5.80. The van der Waals surface area contributed by atoms with Gasteiger partial charge in [-0.15, -0.1) is 0 Å². The molecule has 4 heterocycles. The van der Waals surface area contributed by atoms with Crippen molar-refractivity contribution in [1.82, 2.24) is 24.4 Å². The highest BCUT2D eigenvalue weighted by atomic mass is 16.8.